The Balaban J connectivity index is 1.68. The van der Waals surface area contributed by atoms with Crippen LogP contribution < -0.4 is 15.2 Å². The molecule has 0 fully saturated rings. The summed E-state index contributed by atoms with van der Waals surface area (Å²) in [5.74, 6) is 1.90. The van der Waals surface area contributed by atoms with Crippen molar-refractivity contribution in [2.24, 2.45) is 5.73 Å². The second-order valence-corrected chi connectivity index (χ2v) is 6.21. The first-order valence-electron chi connectivity index (χ1n) is 8.46. The van der Waals surface area contributed by atoms with Gasteiger partial charge in [-0.2, -0.15) is 0 Å². The maximum Gasteiger partial charge on any atom is 0.231 e. The summed E-state index contributed by atoms with van der Waals surface area (Å²) in [6.07, 6.45) is 3.18. The van der Waals surface area contributed by atoms with Crippen LogP contribution in [0.15, 0.2) is 48.7 Å². The van der Waals surface area contributed by atoms with Gasteiger partial charge in [-0.15, -0.1) is 0 Å². The second-order valence-electron chi connectivity index (χ2n) is 6.21. The van der Waals surface area contributed by atoms with Gasteiger partial charge in [0.15, 0.2) is 11.5 Å². The fourth-order valence-corrected chi connectivity index (χ4v) is 3.52. The van der Waals surface area contributed by atoms with Crippen LogP contribution in [-0.2, 0) is 13.0 Å². The number of rotatable bonds is 5. The minimum Gasteiger partial charge on any atom is -0.454 e. The van der Waals surface area contributed by atoms with Crippen LogP contribution in [-0.4, -0.2) is 17.9 Å². The Morgan fingerprint density at radius 2 is 1.96 bits per heavy atom. The summed E-state index contributed by atoms with van der Waals surface area (Å²) in [4.78, 5) is 0. The van der Waals surface area contributed by atoms with E-state index in [4.69, 9.17) is 15.2 Å². The first kappa shape index (κ1) is 15.1. The molecule has 0 spiro atoms. The maximum atomic E-state index is 6.10. The van der Waals surface area contributed by atoms with Crippen LogP contribution in [0.3, 0.4) is 0 Å². The third kappa shape index (κ3) is 2.53. The van der Waals surface area contributed by atoms with Crippen molar-refractivity contribution in [1.29, 1.82) is 0 Å². The zero-order chi connectivity index (χ0) is 16.5. The van der Waals surface area contributed by atoms with Crippen molar-refractivity contribution in [3.63, 3.8) is 0 Å². The number of fused-ring (bicyclic) bond motifs is 2. The highest BCUT2D eigenvalue weighted by molar-refractivity contribution is 5.84. The summed E-state index contributed by atoms with van der Waals surface area (Å²) < 4.78 is 13.2. The van der Waals surface area contributed by atoms with Gasteiger partial charge in [-0.3, -0.25) is 0 Å². The summed E-state index contributed by atoms with van der Waals surface area (Å²) in [5, 5.41) is 1.32. The molecule has 0 amide bonds. The predicted molar refractivity (Wildman–Crippen MR) is 95.7 cm³/mol. The average Bonchev–Trinajstić information content (AvgIpc) is 3.23. The normalized spacial score (nSPS) is 14.2. The zero-order valence-electron chi connectivity index (χ0n) is 13.9. The molecule has 0 aliphatic carbocycles. The number of aromatic nitrogens is 1. The van der Waals surface area contributed by atoms with E-state index in [-0.39, 0.29) is 5.92 Å². The molecular formula is C20H22N2O2. The van der Waals surface area contributed by atoms with E-state index < -0.39 is 0 Å². The van der Waals surface area contributed by atoms with Crippen LogP contribution in [0.1, 0.15) is 24.0 Å². The molecule has 0 radical (unpaired) electrons. The number of aryl methyl sites for hydroxylation is 1. The average molecular weight is 322 g/mol. The van der Waals surface area contributed by atoms with Gasteiger partial charge in [-0.25, -0.2) is 0 Å². The summed E-state index contributed by atoms with van der Waals surface area (Å²) in [5.41, 5.74) is 9.94. The summed E-state index contributed by atoms with van der Waals surface area (Å²) in [6, 6.07) is 14.7. The lowest BCUT2D eigenvalue weighted by Gasteiger charge is -2.15. The summed E-state index contributed by atoms with van der Waals surface area (Å²) in [7, 11) is 0. The number of hydrogen-bond donors (Lipinski definition) is 1. The second kappa shape index (κ2) is 6.21. The molecule has 4 nitrogen and oxygen atoms in total. The molecule has 2 aromatic carbocycles. The lowest BCUT2D eigenvalue weighted by molar-refractivity contribution is 0.174. The molecule has 24 heavy (non-hydrogen) atoms. The van der Waals surface area contributed by atoms with E-state index in [0.29, 0.717) is 13.3 Å². The first-order chi connectivity index (χ1) is 11.8. The van der Waals surface area contributed by atoms with Crippen LogP contribution in [0.2, 0.25) is 0 Å². The van der Waals surface area contributed by atoms with E-state index >= 15 is 0 Å². The molecule has 3 aromatic rings. The van der Waals surface area contributed by atoms with E-state index in [0.717, 1.165) is 24.5 Å². The fraction of sp³-hybridized carbons (Fsp3) is 0.300. The first-order valence-corrected chi connectivity index (χ1v) is 8.46. The molecule has 1 aromatic heterocycles. The Morgan fingerprint density at radius 3 is 2.79 bits per heavy atom. The van der Waals surface area contributed by atoms with Gasteiger partial charge in [0.25, 0.3) is 0 Å². The largest absolute Gasteiger partial charge is 0.454 e. The van der Waals surface area contributed by atoms with Gasteiger partial charge in [0.1, 0.15) is 0 Å². The predicted octanol–water partition coefficient (Wildman–Crippen LogP) is 3.67. The number of hydrogen-bond acceptors (Lipinski definition) is 3. The van der Waals surface area contributed by atoms with Crippen molar-refractivity contribution in [3.8, 4) is 11.5 Å². The lowest BCUT2D eigenvalue weighted by Crippen LogP contribution is -2.15. The minimum atomic E-state index is 0.260. The third-order valence-corrected chi connectivity index (χ3v) is 4.83. The molecule has 2 N–H and O–H groups in total. The molecule has 1 aliphatic heterocycles. The van der Waals surface area contributed by atoms with Gasteiger partial charge in [0, 0.05) is 29.6 Å². The molecule has 1 aliphatic rings. The topological polar surface area (TPSA) is 49.4 Å². The minimum absolute atomic E-state index is 0.260. The molecule has 1 unspecified atom stereocenters. The van der Waals surface area contributed by atoms with Crippen molar-refractivity contribution >= 4 is 10.9 Å². The molecule has 0 saturated carbocycles. The zero-order valence-corrected chi connectivity index (χ0v) is 13.9. The smallest absolute Gasteiger partial charge is 0.231 e. The van der Waals surface area contributed by atoms with Crippen molar-refractivity contribution in [2.75, 3.05) is 13.3 Å². The highest BCUT2D eigenvalue weighted by Gasteiger charge is 2.19. The monoisotopic (exact) mass is 322 g/mol. The van der Waals surface area contributed by atoms with Crippen LogP contribution in [0, 0.1) is 0 Å². The fourth-order valence-electron chi connectivity index (χ4n) is 3.52. The quantitative estimate of drug-likeness (QED) is 0.779. The highest BCUT2D eigenvalue weighted by Crippen LogP contribution is 2.36. The molecule has 4 rings (SSSR count). The Kier molecular flexibility index (Phi) is 3.90. The molecule has 0 saturated heterocycles. The molecule has 0 bridgehead atoms. The number of para-hydroxylation sites is 1. The molecule has 1 atom stereocenters. The van der Waals surface area contributed by atoms with Crippen molar-refractivity contribution in [2.45, 2.75) is 25.8 Å². The number of nitrogens with zero attached hydrogens (tertiary/aromatic N) is 1. The van der Waals surface area contributed by atoms with Gasteiger partial charge in [-0.05, 0) is 49.2 Å². The van der Waals surface area contributed by atoms with Crippen LogP contribution >= 0.6 is 0 Å². The standard InChI is InChI=1S/C20H22N2O2/c1-2-22-12-16(17-5-3-4-6-18(17)22)9-15(11-21)14-7-8-19-20(10-14)24-13-23-19/h3-8,10,12,15H,2,9,11,13,21H2,1H3. The van der Waals surface area contributed by atoms with Gasteiger partial charge in [0.2, 0.25) is 6.79 Å². The Morgan fingerprint density at radius 1 is 1.12 bits per heavy atom. The molecule has 2 heterocycles. The Bertz CT molecular complexity index is 869. The highest BCUT2D eigenvalue weighted by atomic mass is 16.7. The van der Waals surface area contributed by atoms with E-state index in [1.807, 2.05) is 6.07 Å². The Hall–Kier alpha value is -2.46. The summed E-state index contributed by atoms with van der Waals surface area (Å²) in [6.45, 7) is 4.05. The van der Waals surface area contributed by atoms with Crippen molar-refractivity contribution in [3.05, 3.63) is 59.8 Å². The van der Waals surface area contributed by atoms with E-state index in [2.05, 4.69) is 54.1 Å². The Labute approximate surface area is 141 Å². The van der Waals surface area contributed by atoms with Gasteiger partial charge in [-0.1, -0.05) is 24.3 Å². The van der Waals surface area contributed by atoms with Crippen LogP contribution in [0.4, 0.5) is 0 Å². The lowest BCUT2D eigenvalue weighted by atomic mass is 9.91. The third-order valence-electron chi connectivity index (χ3n) is 4.83. The maximum absolute atomic E-state index is 6.10. The van der Waals surface area contributed by atoms with Crippen molar-refractivity contribution in [1.82, 2.24) is 4.57 Å². The molecule has 124 valence electrons. The van der Waals surface area contributed by atoms with Crippen LogP contribution in [0.5, 0.6) is 11.5 Å². The van der Waals surface area contributed by atoms with Gasteiger partial charge >= 0.3 is 0 Å². The number of benzene rings is 2. The van der Waals surface area contributed by atoms with Crippen molar-refractivity contribution < 1.29 is 9.47 Å². The van der Waals surface area contributed by atoms with Crippen LogP contribution in [0.25, 0.3) is 10.9 Å². The van der Waals surface area contributed by atoms with E-state index in [1.54, 1.807) is 0 Å². The SMILES string of the molecule is CCn1cc(CC(CN)c2ccc3c(c2)OCO3)c2ccccc21. The molecular weight excluding hydrogens is 300 g/mol. The van der Waals surface area contributed by atoms with Gasteiger partial charge < -0.3 is 19.8 Å². The number of nitrogens with two attached hydrogens (primary N) is 1. The van der Waals surface area contributed by atoms with Gasteiger partial charge in [0.05, 0.1) is 0 Å². The van der Waals surface area contributed by atoms with E-state index in [1.165, 1.54) is 22.0 Å². The van der Waals surface area contributed by atoms with E-state index in [9.17, 15) is 0 Å². The number of ether oxygens (including phenoxy) is 2. The molecule has 4 heteroatoms. The summed E-state index contributed by atoms with van der Waals surface area (Å²) >= 11 is 0.